The van der Waals surface area contributed by atoms with Gasteiger partial charge >= 0.3 is 0 Å². The lowest BCUT2D eigenvalue weighted by Gasteiger charge is -2.24. The van der Waals surface area contributed by atoms with Crippen LogP contribution < -0.4 is 9.62 Å². The molecule has 9 heteroatoms. The summed E-state index contributed by atoms with van der Waals surface area (Å²) in [5.41, 5.74) is 0.428. The molecular formula is C15H23N3O5S. The molecule has 0 fully saturated rings. The zero-order valence-electron chi connectivity index (χ0n) is 14.3. The maximum absolute atomic E-state index is 12.2. The topological polar surface area (TPSA) is 110 Å². The van der Waals surface area contributed by atoms with Gasteiger partial charge in [-0.3, -0.25) is 19.2 Å². The van der Waals surface area contributed by atoms with Crippen molar-refractivity contribution in [2.24, 2.45) is 0 Å². The van der Waals surface area contributed by atoms with E-state index in [1.807, 2.05) is 13.8 Å². The number of carbonyl (C=O) groups excluding carboxylic acids is 1. The van der Waals surface area contributed by atoms with Crippen molar-refractivity contribution in [2.45, 2.75) is 39.7 Å². The summed E-state index contributed by atoms with van der Waals surface area (Å²) in [6.07, 6.45) is 2.43. The van der Waals surface area contributed by atoms with Gasteiger partial charge in [0.25, 0.3) is 5.69 Å². The van der Waals surface area contributed by atoms with Crippen molar-refractivity contribution in [3.8, 4) is 0 Å². The quantitative estimate of drug-likeness (QED) is 0.565. The van der Waals surface area contributed by atoms with Crippen LogP contribution in [0.3, 0.4) is 0 Å². The molecule has 0 saturated heterocycles. The number of rotatable bonds is 8. The fourth-order valence-electron chi connectivity index (χ4n) is 2.26. The van der Waals surface area contributed by atoms with E-state index >= 15 is 0 Å². The largest absolute Gasteiger partial charge is 0.352 e. The SMILES string of the molecule is CCC(CC)NC(=O)CN(c1cc([N+](=O)[O-])ccc1C)S(C)(=O)=O. The first-order chi connectivity index (χ1) is 11.1. The minimum Gasteiger partial charge on any atom is -0.352 e. The van der Waals surface area contributed by atoms with Crippen LogP contribution in [0.1, 0.15) is 32.3 Å². The molecule has 0 radical (unpaired) electrons. The van der Waals surface area contributed by atoms with E-state index in [0.717, 1.165) is 23.4 Å². The summed E-state index contributed by atoms with van der Waals surface area (Å²) >= 11 is 0. The Hall–Kier alpha value is -2.16. The van der Waals surface area contributed by atoms with Crippen molar-refractivity contribution in [2.75, 3.05) is 17.1 Å². The molecule has 0 atom stereocenters. The van der Waals surface area contributed by atoms with Crippen LogP contribution in [-0.2, 0) is 14.8 Å². The molecule has 8 nitrogen and oxygen atoms in total. The van der Waals surface area contributed by atoms with E-state index in [9.17, 15) is 23.3 Å². The fourth-order valence-corrected chi connectivity index (χ4v) is 3.16. The lowest BCUT2D eigenvalue weighted by atomic mass is 10.1. The van der Waals surface area contributed by atoms with E-state index in [2.05, 4.69) is 5.32 Å². The summed E-state index contributed by atoms with van der Waals surface area (Å²) in [5.74, 6) is -0.444. The summed E-state index contributed by atoms with van der Waals surface area (Å²) in [6, 6.07) is 3.89. The van der Waals surface area contributed by atoms with Gasteiger partial charge in [-0.15, -0.1) is 0 Å². The Morgan fingerprint density at radius 2 is 1.92 bits per heavy atom. The number of aryl methyl sites for hydroxylation is 1. The zero-order valence-corrected chi connectivity index (χ0v) is 15.1. The number of carbonyl (C=O) groups is 1. The van der Waals surface area contributed by atoms with E-state index in [4.69, 9.17) is 0 Å². The third-order valence-electron chi connectivity index (χ3n) is 3.71. The van der Waals surface area contributed by atoms with E-state index < -0.39 is 27.4 Å². The van der Waals surface area contributed by atoms with Gasteiger partial charge in [-0.1, -0.05) is 19.9 Å². The van der Waals surface area contributed by atoms with Gasteiger partial charge in [0.1, 0.15) is 6.54 Å². The zero-order chi connectivity index (χ0) is 18.5. The first-order valence-corrected chi connectivity index (χ1v) is 9.47. The first-order valence-electron chi connectivity index (χ1n) is 7.62. The number of sulfonamides is 1. The first kappa shape index (κ1) is 19.9. The number of amides is 1. The van der Waals surface area contributed by atoms with E-state index in [-0.39, 0.29) is 17.4 Å². The molecule has 0 unspecified atom stereocenters. The van der Waals surface area contributed by atoms with Crippen LogP contribution >= 0.6 is 0 Å². The number of hydrogen-bond acceptors (Lipinski definition) is 5. The van der Waals surface area contributed by atoms with Crippen molar-refractivity contribution in [3.63, 3.8) is 0 Å². The number of hydrogen-bond donors (Lipinski definition) is 1. The van der Waals surface area contributed by atoms with Crippen molar-refractivity contribution in [1.82, 2.24) is 5.32 Å². The predicted octanol–water partition coefficient (Wildman–Crippen LogP) is 1.97. The van der Waals surface area contributed by atoms with E-state index in [1.165, 1.54) is 18.2 Å². The van der Waals surface area contributed by atoms with Crippen LogP contribution in [0, 0.1) is 17.0 Å². The summed E-state index contributed by atoms with van der Waals surface area (Å²) in [7, 11) is -3.78. The molecular weight excluding hydrogens is 334 g/mol. The Morgan fingerprint density at radius 1 is 1.33 bits per heavy atom. The molecule has 1 rings (SSSR count). The number of nitrogens with one attached hydrogen (secondary N) is 1. The minimum atomic E-state index is -3.78. The van der Waals surface area contributed by atoms with Crippen LogP contribution in [0.5, 0.6) is 0 Å². The third kappa shape index (κ3) is 5.19. The lowest BCUT2D eigenvalue weighted by Crippen LogP contribution is -2.44. The normalized spacial score (nSPS) is 11.4. The molecule has 1 amide bonds. The maximum Gasteiger partial charge on any atom is 0.271 e. The highest BCUT2D eigenvalue weighted by atomic mass is 32.2. The molecule has 0 aliphatic rings. The summed E-state index contributed by atoms with van der Waals surface area (Å²) in [5, 5.41) is 13.7. The number of nitrogens with zero attached hydrogens (tertiary/aromatic N) is 2. The van der Waals surface area contributed by atoms with Gasteiger partial charge in [-0.05, 0) is 25.3 Å². The van der Waals surface area contributed by atoms with Gasteiger partial charge in [-0.25, -0.2) is 8.42 Å². The number of non-ortho nitro benzene ring substituents is 1. The molecule has 0 aromatic heterocycles. The van der Waals surface area contributed by atoms with Gasteiger partial charge in [0.2, 0.25) is 15.9 Å². The van der Waals surface area contributed by atoms with E-state index in [0.29, 0.717) is 5.56 Å². The highest BCUT2D eigenvalue weighted by Gasteiger charge is 2.25. The molecule has 1 aromatic rings. The molecule has 0 heterocycles. The van der Waals surface area contributed by atoms with Crippen LogP contribution in [0.2, 0.25) is 0 Å². The highest BCUT2D eigenvalue weighted by molar-refractivity contribution is 7.92. The molecule has 24 heavy (non-hydrogen) atoms. The monoisotopic (exact) mass is 357 g/mol. The Bertz CT molecular complexity index is 714. The Kier molecular flexibility index (Phi) is 6.70. The Balaban J connectivity index is 3.18. The highest BCUT2D eigenvalue weighted by Crippen LogP contribution is 2.27. The van der Waals surface area contributed by atoms with Crippen molar-refractivity contribution < 1.29 is 18.1 Å². The third-order valence-corrected chi connectivity index (χ3v) is 4.84. The summed E-state index contributed by atoms with van der Waals surface area (Å²) < 4.78 is 25.1. The average Bonchev–Trinajstić information content (AvgIpc) is 2.49. The lowest BCUT2D eigenvalue weighted by molar-refractivity contribution is -0.384. The average molecular weight is 357 g/mol. The van der Waals surface area contributed by atoms with Crippen LogP contribution in [0.15, 0.2) is 18.2 Å². The van der Waals surface area contributed by atoms with Crippen molar-refractivity contribution in [3.05, 3.63) is 33.9 Å². The summed E-state index contributed by atoms with van der Waals surface area (Å²) in [4.78, 5) is 22.5. The van der Waals surface area contributed by atoms with Crippen LogP contribution in [0.4, 0.5) is 11.4 Å². The maximum atomic E-state index is 12.2. The molecule has 134 valence electrons. The fraction of sp³-hybridized carbons (Fsp3) is 0.533. The molecule has 0 saturated carbocycles. The van der Waals surface area contributed by atoms with Gasteiger partial charge in [0.05, 0.1) is 16.9 Å². The number of nitro groups is 1. The second-order valence-corrected chi connectivity index (χ2v) is 7.49. The van der Waals surface area contributed by atoms with Gasteiger partial charge < -0.3 is 5.32 Å². The number of nitro benzene ring substituents is 1. The Morgan fingerprint density at radius 3 is 2.38 bits per heavy atom. The summed E-state index contributed by atoms with van der Waals surface area (Å²) in [6.45, 7) is 5.06. The Labute approximate surface area is 142 Å². The smallest absolute Gasteiger partial charge is 0.271 e. The van der Waals surface area contributed by atoms with Crippen LogP contribution in [0.25, 0.3) is 0 Å². The second kappa shape index (κ2) is 8.09. The number of benzene rings is 1. The van der Waals surface area contributed by atoms with Crippen molar-refractivity contribution >= 4 is 27.3 Å². The van der Waals surface area contributed by atoms with Crippen molar-refractivity contribution in [1.29, 1.82) is 0 Å². The van der Waals surface area contributed by atoms with Gasteiger partial charge in [0, 0.05) is 18.2 Å². The predicted molar refractivity (Wildman–Crippen MR) is 92.5 cm³/mol. The molecule has 0 aliphatic carbocycles. The van der Waals surface area contributed by atoms with Crippen LogP contribution in [-0.4, -0.2) is 38.1 Å². The van der Waals surface area contributed by atoms with E-state index in [1.54, 1.807) is 6.92 Å². The molecule has 1 N–H and O–H groups in total. The van der Waals surface area contributed by atoms with Gasteiger partial charge in [-0.2, -0.15) is 0 Å². The minimum absolute atomic E-state index is 0.0369. The van der Waals surface area contributed by atoms with Gasteiger partial charge in [0.15, 0.2) is 0 Å². The molecule has 0 aliphatic heterocycles. The molecule has 0 spiro atoms. The number of anilines is 1. The molecule has 1 aromatic carbocycles. The second-order valence-electron chi connectivity index (χ2n) is 5.58. The standard InChI is InChI=1S/C15H23N3O5S/c1-5-12(6-2)16-15(19)10-17(24(4,22)23)14-9-13(18(20)21)8-7-11(14)3/h7-9,12H,5-6,10H2,1-4H3,(H,16,19). The molecule has 0 bridgehead atoms.